The first-order valence-corrected chi connectivity index (χ1v) is 10.1. The number of amides is 1. The van der Waals surface area contributed by atoms with Crippen LogP contribution in [0.3, 0.4) is 0 Å². The molecule has 156 valence electrons. The van der Waals surface area contributed by atoms with Crippen LogP contribution in [0.25, 0.3) is 6.08 Å². The quantitative estimate of drug-likeness (QED) is 0.671. The number of rotatable bonds is 7. The summed E-state index contributed by atoms with van der Waals surface area (Å²) in [5.41, 5.74) is 2.24. The van der Waals surface area contributed by atoms with E-state index < -0.39 is 12.6 Å². The van der Waals surface area contributed by atoms with Gasteiger partial charge in [0, 0.05) is 6.54 Å². The molecule has 0 bridgehead atoms. The van der Waals surface area contributed by atoms with Gasteiger partial charge in [-0.25, -0.2) is 9.79 Å². The molecule has 2 aromatic rings. The lowest BCUT2D eigenvalue weighted by molar-refractivity contribution is -0.139. The number of aliphatic carboxylic acids is 1. The van der Waals surface area contributed by atoms with E-state index in [1.807, 2.05) is 43.3 Å². The predicted molar refractivity (Wildman–Crippen MR) is 117 cm³/mol. The summed E-state index contributed by atoms with van der Waals surface area (Å²) >= 11 is 1.32. The average Bonchev–Trinajstić information content (AvgIpc) is 3.01. The molecule has 7 nitrogen and oxygen atoms in total. The molecular weight excluding hydrogens is 404 g/mol. The van der Waals surface area contributed by atoms with Crippen LogP contribution in [0.2, 0.25) is 0 Å². The molecule has 0 spiro atoms. The van der Waals surface area contributed by atoms with E-state index in [9.17, 15) is 9.59 Å². The van der Waals surface area contributed by atoms with Gasteiger partial charge in [0.15, 0.2) is 23.3 Å². The molecule has 0 saturated carbocycles. The number of aliphatic imine (C=N–C) groups is 1. The molecule has 0 unspecified atom stereocenters. The Hall–Kier alpha value is -3.26. The molecule has 1 fully saturated rings. The monoisotopic (exact) mass is 426 g/mol. The summed E-state index contributed by atoms with van der Waals surface area (Å²) in [6.07, 6.45) is 1.78. The largest absolute Gasteiger partial charge is 0.493 e. The van der Waals surface area contributed by atoms with E-state index in [0.717, 1.165) is 11.3 Å². The SMILES string of the molecule is CCN1C(=O)/C(=C\c2cc(C)c(OCC(=O)O)c(OC)c2)SC1=Nc1ccccc1. The van der Waals surface area contributed by atoms with Gasteiger partial charge in [0.25, 0.3) is 5.91 Å². The van der Waals surface area contributed by atoms with Crippen molar-refractivity contribution in [1.82, 2.24) is 4.90 Å². The van der Waals surface area contributed by atoms with Crippen molar-refractivity contribution in [2.75, 3.05) is 20.3 Å². The number of benzene rings is 2. The van der Waals surface area contributed by atoms with Crippen LogP contribution in [0.15, 0.2) is 52.4 Å². The normalized spacial score (nSPS) is 16.4. The third-order valence-corrected chi connectivity index (χ3v) is 5.31. The first-order chi connectivity index (χ1) is 14.4. The molecule has 0 atom stereocenters. The maximum absolute atomic E-state index is 12.9. The van der Waals surface area contributed by atoms with Crippen LogP contribution in [0.5, 0.6) is 11.5 Å². The Balaban J connectivity index is 1.92. The summed E-state index contributed by atoms with van der Waals surface area (Å²) in [6.45, 7) is 3.76. The van der Waals surface area contributed by atoms with Gasteiger partial charge < -0.3 is 14.6 Å². The highest BCUT2D eigenvalue weighted by atomic mass is 32.2. The molecule has 1 aliphatic heterocycles. The number of carbonyl (C=O) groups is 2. The van der Waals surface area contributed by atoms with Gasteiger partial charge in [-0.15, -0.1) is 0 Å². The summed E-state index contributed by atoms with van der Waals surface area (Å²) in [7, 11) is 1.48. The second kappa shape index (κ2) is 9.49. The highest BCUT2D eigenvalue weighted by molar-refractivity contribution is 8.18. The number of hydrogen-bond donors (Lipinski definition) is 1. The van der Waals surface area contributed by atoms with Crippen molar-refractivity contribution in [3.8, 4) is 11.5 Å². The number of likely N-dealkylation sites (N-methyl/N-ethyl adjacent to an activating group) is 1. The Morgan fingerprint density at radius 1 is 1.27 bits per heavy atom. The minimum atomic E-state index is -1.07. The lowest BCUT2D eigenvalue weighted by Gasteiger charge is -2.13. The first kappa shape index (κ1) is 21.4. The summed E-state index contributed by atoms with van der Waals surface area (Å²) < 4.78 is 10.7. The number of methoxy groups -OCH3 is 1. The van der Waals surface area contributed by atoms with E-state index in [-0.39, 0.29) is 5.91 Å². The zero-order chi connectivity index (χ0) is 21.7. The van der Waals surface area contributed by atoms with E-state index in [1.54, 1.807) is 24.0 Å². The third-order valence-electron chi connectivity index (χ3n) is 4.31. The fourth-order valence-corrected chi connectivity index (χ4v) is 4.02. The number of nitrogens with zero attached hydrogens (tertiary/aromatic N) is 2. The lowest BCUT2D eigenvalue weighted by atomic mass is 10.1. The van der Waals surface area contributed by atoms with Gasteiger partial charge in [-0.05, 0) is 67.1 Å². The highest BCUT2D eigenvalue weighted by Crippen LogP contribution is 2.37. The highest BCUT2D eigenvalue weighted by Gasteiger charge is 2.32. The summed E-state index contributed by atoms with van der Waals surface area (Å²) in [5, 5.41) is 9.48. The zero-order valence-corrected chi connectivity index (χ0v) is 17.7. The molecule has 2 aromatic carbocycles. The van der Waals surface area contributed by atoms with Crippen LogP contribution in [-0.2, 0) is 9.59 Å². The molecule has 1 saturated heterocycles. The second-order valence-electron chi connectivity index (χ2n) is 6.44. The van der Waals surface area contributed by atoms with Crippen molar-refractivity contribution in [1.29, 1.82) is 0 Å². The molecular formula is C22H22N2O5S. The first-order valence-electron chi connectivity index (χ1n) is 9.31. The van der Waals surface area contributed by atoms with Crippen molar-refractivity contribution >= 4 is 40.6 Å². The fraction of sp³-hybridized carbons (Fsp3) is 0.227. The Bertz CT molecular complexity index is 1020. The third kappa shape index (κ3) is 4.83. The summed E-state index contributed by atoms with van der Waals surface area (Å²) in [4.78, 5) is 30.5. The number of ether oxygens (including phenoxy) is 2. The molecule has 0 aromatic heterocycles. The number of carbonyl (C=O) groups excluding carboxylic acids is 1. The summed E-state index contributed by atoms with van der Waals surface area (Å²) in [6, 6.07) is 13.0. The lowest BCUT2D eigenvalue weighted by Crippen LogP contribution is -2.28. The van der Waals surface area contributed by atoms with Gasteiger partial charge in [0.2, 0.25) is 0 Å². The molecule has 0 radical (unpaired) electrons. The number of para-hydroxylation sites is 1. The Labute approximate surface area is 179 Å². The molecule has 1 N–H and O–H groups in total. The maximum Gasteiger partial charge on any atom is 0.341 e. The molecule has 3 rings (SSSR count). The van der Waals surface area contributed by atoms with Crippen LogP contribution in [-0.4, -0.2) is 47.3 Å². The van der Waals surface area contributed by atoms with E-state index in [4.69, 9.17) is 14.6 Å². The van der Waals surface area contributed by atoms with Crippen molar-refractivity contribution in [3.63, 3.8) is 0 Å². The molecule has 0 aliphatic carbocycles. The van der Waals surface area contributed by atoms with Crippen molar-refractivity contribution in [2.45, 2.75) is 13.8 Å². The van der Waals surface area contributed by atoms with Crippen LogP contribution in [0, 0.1) is 6.92 Å². The van der Waals surface area contributed by atoms with Crippen LogP contribution < -0.4 is 9.47 Å². The number of carboxylic acids is 1. The van der Waals surface area contributed by atoms with Gasteiger partial charge in [-0.1, -0.05) is 18.2 Å². The topological polar surface area (TPSA) is 88.4 Å². The summed E-state index contributed by atoms with van der Waals surface area (Å²) in [5.74, 6) is -0.404. The van der Waals surface area contributed by atoms with Crippen LogP contribution in [0.1, 0.15) is 18.1 Å². The number of carboxylic acid groups (broad SMARTS) is 1. The van der Waals surface area contributed by atoms with Gasteiger partial charge >= 0.3 is 5.97 Å². The molecule has 1 amide bonds. The van der Waals surface area contributed by atoms with Crippen LogP contribution >= 0.6 is 11.8 Å². The van der Waals surface area contributed by atoms with Gasteiger partial charge in [-0.2, -0.15) is 0 Å². The molecule has 30 heavy (non-hydrogen) atoms. The Kier molecular flexibility index (Phi) is 6.79. The van der Waals surface area contributed by atoms with E-state index in [2.05, 4.69) is 4.99 Å². The molecule has 8 heteroatoms. The van der Waals surface area contributed by atoms with Crippen molar-refractivity contribution in [3.05, 3.63) is 58.5 Å². The van der Waals surface area contributed by atoms with E-state index in [0.29, 0.717) is 33.7 Å². The number of thioether (sulfide) groups is 1. The standard InChI is InChI=1S/C22H22N2O5S/c1-4-24-21(27)18(30-22(24)23-16-8-6-5-7-9-16)12-15-10-14(2)20(17(11-15)28-3)29-13-19(25)26/h5-12H,4,13H2,1-3H3,(H,25,26)/b18-12+,23-22?. The Morgan fingerprint density at radius 3 is 2.63 bits per heavy atom. The predicted octanol–water partition coefficient (Wildman–Crippen LogP) is 4.09. The van der Waals surface area contributed by atoms with E-state index in [1.165, 1.54) is 18.9 Å². The second-order valence-corrected chi connectivity index (χ2v) is 7.45. The maximum atomic E-state index is 12.9. The molecule has 1 heterocycles. The number of aryl methyl sites for hydroxylation is 1. The van der Waals surface area contributed by atoms with Gasteiger partial charge in [0.1, 0.15) is 0 Å². The minimum Gasteiger partial charge on any atom is -0.493 e. The smallest absolute Gasteiger partial charge is 0.341 e. The number of amidine groups is 1. The Morgan fingerprint density at radius 2 is 2.00 bits per heavy atom. The van der Waals surface area contributed by atoms with Gasteiger partial charge in [0.05, 0.1) is 17.7 Å². The van der Waals surface area contributed by atoms with E-state index >= 15 is 0 Å². The average molecular weight is 426 g/mol. The zero-order valence-electron chi connectivity index (χ0n) is 16.9. The number of hydrogen-bond acceptors (Lipinski definition) is 6. The van der Waals surface area contributed by atoms with Crippen molar-refractivity contribution < 1.29 is 24.2 Å². The van der Waals surface area contributed by atoms with Crippen LogP contribution in [0.4, 0.5) is 5.69 Å². The minimum absolute atomic E-state index is 0.111. The van der Waals surface area contributed by atoms with Gasteiger partial charge in [-0.3, -0.25) is 9.69 Å². The molecule has 1 aliphatic rings. The fourth-order valence-electron chi connectivity index (χ4n) is 2.96. The van der Waals surface area contributed by atoms with Crippen molar-refractivity contribution in [2.24, 2.45) is 4.99 Å².